The van der Waals surface area contributed by atoms with Gasteiger partial charge in [-0.15, -0.1) is 0 Å². The largest absolute Gasteiger partial charge is 0.444 e. The van der Waals surface area contributed by atoms with Crippen molar-refractivity contribution in [2.75, 3.05) is 5.73 Å². The summed E-state index contributed by atoms with van der Waals surface area (Å²) in [7, 11) is 0. The highest BCUT2D eigenvalue weighted by Crippen LogP contribution is 2.18. The summed E-state index contributed by atoms with van der Waals surface area (Å²) in [6, 6.07) is 11.4. The standard InChI is InChI=1S/C23H26N6O2/c1-4-17(22(30)26-11-20-15(2)10-21(24)27-16(20)3)12-29(25)13-19-14-31-23(28-19)18-8-6-5-7-9-18/h4-10,12,14H,1,11,13,25H2,2-3H3,(H2,24,27)(H,26,30)/b17-12+. The Kier molecular flexibility index (Phi) is 6.84. The van der Waals surface area contributed by atoms with E-state index in [4.69, 9.17) is 16.0 Å². The maximum Gasteiger partial charge on any atom is 0.253 e. The van der Waals surface area contributed by atoms with Crippen molar-refractivity contribution in [2.45, 2.75) is 26.9 Å². The van der Waals surface area contributed by atoms with Crippen molar-refractivity contribution in [3.05, 3.63) is 89.6 Å². The van der Waals surface area contributed by atoms with Crippen LogP contribution < -0.4 is 16.9 Å². The molecule has 2 aromatic heterocycles. The molecule has 8 heteroatoms. The molecule has 0 radical (unpaired) electrons. The first-order chi connectivity index (χ1) is 14.9. The number of hydrogen-bond donors (Lipinski definition) is 3. The van der Waals surface area contributed by atoms with E-state index in [2.05, 4.69) is 21.9 Å². The summed E-state index contributed by atoms with van der Waals surface area (Å²) in [6.45, 7) is 8.09. The molecule has 0 aliphatic rings. The SMILES string of the molecule is C=C/C(=C\N(N)Cc1coc(-c2ccccc2)n1)C(=O)NCc1c(C)cc(N)nc1C. The molecule has 8 nitrogen and oxygen atoms in total. The van der Waals surface area contributed by atoms with Crippen LogP contribution in [0.2, 0.25) is 0 Å². The summed E-state index contributed by atoms with van der Waals surface area (Å²) in [4.78, 5) is 21.3. The lowest BCUT2D eigenvalue weighted by Gasteiger charge is -2.15. The smallest absolute Gasteiger partial charge is 0.253 e. The number of anilines is 1. The molecule has 2 heterocycles. The van der Waals surface area contributed by atoms with Gasteiger partial charge in [0.25, 0.3) is 5.91 Å². The average Bonchev–Trinajstić information content (AvgIpc) is 3.20. The fourth-order valence-electron chi connectivity index (χ4n) is 3.13. The topological polar surface area (TPSA) is 123 Å². The van der Waals surface area contributed by atoms with Crippen LogP contribution in [0.25, 0.3) is 11.5 Å². The number of aromatic nitrogens is 2. The predicted molar refractivity (Wildman–Crippen MR) is 120 cm³/mol. The lowest BCUT2D eigenvalue weighted by molar-refractivity contribution is -0.117. The normalized spacial score (nSPS) is 11.3. The van der Waals surface area contributed by atoms with Gasteiger partial charge in [0.1, 0.15) is 17.8 Å². The highest BCUT2D eigenvalue weighted by Gasteiger charge is 2.12. The summed E-state index contributed by atoms with van der Waals surface area (Å²) in [5.41, 5.74) is 10.3. The van der Waals surface area contributed by atoms with Gasteiger partial charge >= 0.3 is 0 Å². The number of nitrogens with two attached hydrogens (primary N) is 2. The molecule has 5 N–H and O–H groups in total. The Morgan fingerprint density at radius 1 is 1.26 bits per heavy atom. The predicted octanol–water partition coefficient (Wildman–Crippen LogP) is 3.00. The maximum atomic E-state index is 12.6. The van der Waals surface area contributed by atoms with E-state index >= 15 is 0 Å². The molecular formula is C23H26N6O2. The average molecular weight is 419 g/mol. The third-order valence-corrected chi connectivity index (χ3v) is 4.70. The van der Waals surface area contributed by atoms with E-state index in [0.29, 0.717) is 29.5 Å². The van der Waals surface area contributed by atoms with Crippen molar-refractivity contribution in [1.82, 2.24) is 20.3 Å². The minimum atomic E-state index is -0.300. The third-order valence-electron chi connectivity index (χ3n) is 4.70. The lowest BCUT2D eigenvalue weighted by atomic mass is 10.1. The second kappa shape index (κ2) is 9.73. The van der Waals surface area contributed by atoms with Gasteiger partial charge < -0.3 is 20.5 Å². The number of amides is 1. The van der Waals surface area contributed by atoms with Crippen LogP contribution in [0.5, 0.6) is 0 Å². The zero-order valence-corrected chi connectivity index (χ0v) is 17.6. The van der Waals surface area contributed by atoms with Gasteiger partial charge in [-0.2, -0.15) is 0 Å². The van der Waals surface area contributed by atoms with Crippen LogP contribution in [0.1, 0.15) is 22.5 Å². The number of nitrogens with one attached hydrogen (secondary N) is 1. The molecule has 0 saturated heterocycles. The van der Waals surface area contributed by atoms with Crippen molar-refractivity contribution >= 4 is 11.7 Å². The van der Waals surface area contributed by atoms with Crippen molar-refractivity contribution in [1.29, 1.82) is 0 Å². The number of benzene rings is 1. The molecule has 3 rings (SSSR count). The summed E-state index contributed by atoms with van der Waals surface area (Å²) in [6.07, 6.45) is 4.51. The van der Waals surface area contributed by atoms with Gasteiger partial charge in [-0.25, -0.2) is 15.8 Å². The third kappa shape index (κ3) is 5.58. The van der Waals surface area contributed by atoms with Gasteiger partial charge in [-0.05, 0) is 43.2 Å². The van der Waals surface area contributed by atoms with Crippen LogP contribution in [-0.2, 0) is 17.9 Å². The first-order valence-electron chi connectivity index (χ1n) is 9.73. The Hall–Kier alpha value is -3.91. The summed E-state index contributed by atoms with van der Waals surface area (Å²) < 4.78 is 5.52. The summed E-state index contributed by atoms with van der Waals surface area (Å²) in [5.74, 6) is 6.73. The van der Waals surface area contributed by atoms with E-state index in [-0.39, 0.29) is 12.5 Å². The number of nitrogen functional groups attached to an aromatic ring is 1. The Bertz CT molecular complexity index is 1080. The second-order valence-corrected chi connectivity index (χ2v) is 7.08. The molecule has 1 aromatic carbocycles. The van der Waals surface area contributed by atoms with E-state index in [0.717, 1.165) is 22.4 Å². The minimum absolute atomic E-state index is 0.265. The zero-order valence-electron chi connectivity index (χ0n) is 17.6. The minimum Gasteiger partial charge on any atom is -0.444 e. The molecule has 3 aromatic rings. The van der Waals surface area contributed by atoms with Crippen molar-refractivity contribution < 1.29 is 9.21 Å². The van der Waals surface area contributed by atoms with Crippen LogP contribution >= 0.6 is 0 Å². The first-order valence-corrected chi connectivity index (χ1v) is 9.73. The van der Waals surface area contributed by atoms with E-state index in [1.165, 1.54) is 17.3 Å². The Balaban J connectivity index is 1.63. The van der Waals surface area contributed by atoms with E-state index < -0.39 is 0 Å². The molecule has 0 saturated carbocycles. The lowest BCUT2D eigenvalue weighted by Crippen LogP contribution is -2.29. The molecule has 0 atom stereocenters. The number of hydrazine groups is 1. The number of pyridine rings is 1. The van der Waals surface area contributed by atoms with Crippen LogP contribution in [0, 0.1) is 13.8 Å². The fraction of sp³-hybridized carbons (Fsp3) is 0.174. The second-order valence-electron chi connectivity index (χ2n) is 7.08. The van der Waals surface area contributed by atoms with Crippen LogP contribution in [-0.4, -0.2) is 20.9 Å². The Morgan fingerprint density at radius 2 is 2.00 bits per heavy atom. The van der Waals surface area contributed by atoms with Gasteiger partial charge in [0.15, 0.2) is 0 Å². The highest BCUT2D eigenvalue weighted by molar-refractivity contribution is 5.95. The maximum absolute atomic E-state index is 12.6. The molecule has 0 aliphatic heterocycles. The molecule has 0 aliphatic carbocycles. The molecule has 0 unspecified atom stereocenters. The van der Waals surface area contributed by atoms with Crippen molar-refractivity contribution in [3.8, 4) is 11.5 Å². The molecule has 31 heavy (non-hydrogen) atoms. The van der Waals surface area contributed by atoms with Crippen LogP contribution in [0.15, 0.2) is 71.5 Å². The zero-order chi connectivity index (χ0) is 22.4. The van der Waals surface area contributed by atoms with Crippen molar-refractivity contribution in [3.63, 3.8) is 0 Å². The quantitative estimate of drug-likeness (QED) is 0.222. The number of nitrogens with zero attached hydrogens (tertiary/aromatic N) is 3. The van der Waals surface area contributed by atoms with Gasteiger partial charge in [0, 0.05) is 24.0 Å². The molecule has 0 spiro atoms. The number of carbonyl (C=O) groups excluding carboxylic acids is 1. The molecule has 0 bridgehead atoms. The van der Waals surface area contributed by atoms with Gasteiger partial charge in [0.05, 0.1) is 12.1 Å². The number of rotatable bonds is 8. The number of carbonyl (C=O) groups is 1. The van der Waals surface area contributed by atoms with Gasteiger partial charge in [0.2, 0.25) is 5.89 Å². The van der Waals surface area contributed by atoms with Crippen LogP contribution in [0.3, 0.4) is 0 Å². The Labute approximate surface area is 181 Å². The summed E-state index contributed by atoms with van der Waals surface area (Å²) in [5, 5.41) is 4.24. The summed E-state index contributed by atoms with van der Waals surface area (Å²) >= 11 is 0. The first kappa shape index (κ1) is 21.8. The molecule has 0 fully saturated rings. The van der Waals surface area contributed by atoms with Crippen LogP contribution in [0.4, 0.5) is 5.82 Å². The molecule has 1 amide bonds. The monoisotopic (exact) mass is 418 g/mol. The Morgan fingerprint density at radius 3 is 2.68 bits per heavy atom. The number of aryl methyl sites for hydroxylation is 2. The molecule has 160 valence electrons. The number of oxazole rings is 1. The van der Waals surface area contributed by atoms with E-state index in [9.17, 15) is 4.79 Å². The van der Waals surface area contributed by atoms with E-state index in [1.807, 2.05) is 44.2 Å². The number of hydrogen-bond acceptors (Lipinski definition) is 7. The highest BCUT2D eigenvalue weighted by atomic mass is 16.3. The fourth-order valence-corrected chi connectivity index (χ4v) is 3.13. The van der Waals surface area contributed by atoms with E-state index in [1.54, 1.807) is 12.3 Å². The van der Waals surface area contributed by atoms with Crippen molar-refractivity contribution in [2.24, 2.45) is 5.84 Å². The van der Waals surface area contributed by atoms with Gasteiger partial charge in [-0.1, -0.05) is 30.9 Å². The molecular weight excluding hydrogens is 392 g/mol. The van der Waals surface area contributed by atoms with Gasteiger partial charge in [-0.3, -0.25) is 4.79 Å².